The molecule has 1 N–H and O–H groups in total. The minimum atomic E-state index is -0.302. The first kappa shape index (κ1) is 21.0. The van der Waals surface area contributed by atoms with Crippen molar-refractivity contribution in [3.8, 4) is 10.4 Å². The predicted molar refractivity (Wildman–Crippen MR) is 131 cm³/mol. The van der Waals surface area contributed by atoms with Gasteiger partial charge in [-0.3, -0.25) is 0 Å². The summed E-state index contributed by atoms with van der Waals surface area (Å²) in [6.07, 6.45) is 7.98. The molecule has 0 spiro atoms. The molecule has 0 saturated heterocycles. The maximum atomic E-state index is 12.7. The van der Waals surface area contributed by atoms with E-state index in [-0.39, 0.29) is 11.5 Å². The molecule has 0 aliphatic heterocycles. The number of esters is 1. The quantitative estimate of drug-likeness (QED) is 0.431. The number of nitrogens with zero attached hydrogens (tertiary/aromatic N) is 1. The second-order valence-corrected chi connectivity index (χ2v) is 11.0. The third-order valence-corrected chi connectivity index (χ3v) is 9.00. The molecule has 6 rings (SSSR count). The van der Waals surface area contributed by atoms with E-state index >= 15 is 0 Å². The number of hydrogen-bond donors (Lipinski definition) is 1. The molecule has 164 valence electrons. The molecule has 1 aromatic heterocycles. The van der Waals surface area contributed by atoms with Crippen molar-refractivity contribution < 1.29 is 9.53 Å². The van der Waals surface area contributed by atoms with Crippen LogP contribution in [0.15, 0.2) is 36.4 Å². The molecular formula is C25H30N2O2S2. The van der Waals surface area contributed by atoms with Crippen LogP contribution in [0.1, 0.15) is 55.8 Å². The van der Waals surface area contributed by atoms with Crippen LogP contribution < -0.4 is 5.32 Å². The highest BCUT2D eigenvalue weighted by molar-refractivity contribution is 7.80. The van der Waals surface area contributed by atoms with Gasteiger partial charge in [0, 0.05) is 17.5 Å². The SMILES string of the molecule is CCOC(=O)c1cc(-c2ccccc2)sc1NC(=S)N(C)C12CC3CC(CC(C3)C1)C2. The minimum absolute atomic E-state index is 0.183. The number of hydrogen-bond acceptors (Lipinski definition) is 4. The third-order valence-electron chi connectivity index (χ3n) is 7.53. The fourth-order valence-corrected chi connectivity index (χ4v) is 7.87. The smallest absolute Gasteiger partial charge is 0.341 e. The van der Waals surface area contributed by atoms with Gasteiger partial charge in [-0.05, 0) is 87.1 Å². The van der Waals surface area contributed by atoms with Gasteiger partial charge >= 0.3 is 5.97 Å². The normalized spacial score (nSPS) is 28.4. The van der Waals surface area contributed by atoms with Gasteiger partial charge < -0.3 is 15.0 Å². The van der Waals surface area contributed by atoms with E-state index in [1.54, 1.807) is 11.3 Å². The molecule has 4 nitrogen and oxygen atoms in total. The van der Waals surface area contributed by atoms with Gasteiger partial charge in [-0.2, -0.15) is 0 Å². The zero-order valence-electron chi connectivity index (χ0n) is 18.2. The molecule has 0 atom stereocenters. The number of carbonyl (C=O) groups excluding carboxylic acids is 1. The van der Waals surface area contributed by atoms with Crippen molar-refractivity contribution >= 4 is 39.6 Å². The average molecular weight is 455 g/mol. The molecule has 4 aliphatic carbocycles. The van der Waals surface area contributed by atoms with Crippen LogP contribution in [0.5, 0.6) is 0 Å². The summed E-state index contributed by atoms with van der Waals surface area (Å²) < 4.78 is 5.33. The molecule has 2 aromatic rings. The van der Waals surface area contributed by atoms with Crippen molar-refractivity contribution in [1.29, 1.82) is 0 Å². The summed E-state index contributed by atoms with van der Waals surface area (Å²) in [7, 11) is 2.15. The Morgan fingerprint density at radius 3 is 2.35 bits per heavy atom. The summed E-state index contributed by atoms with van der Waals surface area (Å²) in [4.78, 5) is 16.0. The molecule has 0 radical (unpaired) electrons. The van der Waals surface area contributed by atoms with Gasteiger partial charge in [0.1, 0.15) is 5.00 Å². The Hall–Kier alpha value is -1.92. The van der Waals surface area contributed by atoms with E-state index in [0.29, 0.717) is 17.3 Å². The van der Waals surface area contributed by atoms with Crippen molar-refractivity contribution in [2.24, 2.45) is 17.8 Å². The van der Waals surface area contributed by atoms with Gasteiger partial charge in [0.2, 0.25) is 0 Å². The second kappa shape index (κ2) is 8.21. The van der Waals surface area contributed by atoms with E-state index in [9.17, 15) is 4.79 Å². The zero-order chi connectivity index (χ0) is 21.6. The van der Waals surface area contributed by atoms with Crippen molar-refractivity contribution in [2.75, 3.05) is 19.0 Å². The van der Waals surface area contributed by atoms with Gasteiger partial charge in [-0.25, -0.2) is 4.79 Å². The average Bonchev–Trinajstić information content (AvgIpc) is 3.17. The van der Waals surface area contributed by atoms with Gasteiger partial charge in [-0.1, -0.05) is 30.3 Å². The highest BCUT2D eigenvalue weighted by Gasteiger charge is 2.53. The van der Waals surface area contributed by atoms with Crippen LogP contribution in [0.2, 0.25) is 0 Å². The van der Waals surface area contributed by atoms with E-state index < -0.39 is 0 Å². The van der Waals surface area contributed by atoms with Crippen LogP contribution in [0.3, 0.4) is 0 Å². The minimum Gasteiger partial charge on any atom is -0.462 e. The summed E-state index contributed by atoms with van der Waals surface area (Å²) in [5, 5.41) is 4.93. The number of carbonyl (C=O) groups is 1. The van der Waals surface area contributed by atoms with Crippen LogP contribution in [0.4, 0.5) is 5.00 Å². The largest absolute Gasteiger partial charge is 0.462 e. The third kappa shape index (κ3) is 3.89. The van der Waals surface area contributed by atoms with Gasteiger partial charge in [0.25, 0.3) is 0 Å². The lowest BCUT2D eigenvalue weighted by molar-refractivity contribution is -0.0538. The first-order chi connectivity index (χ1) is 15.0. The van der Waals surface area contributed by atoms with Crippen molar-refractivity contribution in [1.82, 2.24) is 4.90 Å². The Bertz CT molecular complexity index is 949. The number of nitrogens with one attached hydrogen (secondary N) is 1. The summed E-state index contributed by atoms with van der Waals surface area (Å²) in [5.41, 5.74) is 1.83. The number of thiocarbonyl (C=S) groups is 1. The summed E-state index contributed by atoms with van der Waals surface area (Å²) in [6.45, 7) is 2.19. The van der Waals surface area contributed by atoms with Gasteiger partial charge in [0.05, 0.1) is 12.2 Å². The van der Waals surface area contributed by atoms with Crippen molar-refractivity contribution in [2.45, 2.75) is 51.0 Å². The first-order valence-electron chi connectivity index (χ1n) is 11.4. The fourth-order valence-electron chi connectivity index (χ4n) is 6.46. The van der Waals surface area contributed by atoms with E-state index in [1.807, 2.05) is 31.2 Å². The van der Waals surface area contributed by atoms with E-state index in [1.165, 1.54) is 38.5 Å². The Morgan fingerprint density at radius 1 is 1.16 bits per heavy atom. The number of benzene rings is 1. The van der Waals surface area contributed by atoms with E-state index in [4.69, 9.17) is 17.0 Å². The Morgan fingerprint density at radius 2 is 1.77 bits per heavy atom. The Kier molecular flexibility index (Phi) is 5.55. The standard InChI is InChI=1S/C25H30N2O2S2/c1-3-29-23(28)20-12-21(19-7-5-4-6-8-19)31-22(20)26-24(30)27(2)25-13-16-9-17(14-25)11-18(10-16)15-25/h4-8,12,16-18H,3,9-11,13-15H2,1-2H3,(H,26,30). The summed E-state index contributed by atoms with van der Waals surface area (Å²) in [6, 6.07) is 12.1. The van der Waals surface area contributed by atoms with Crippen molar-refractivity contribution in [3.05, 3.63) is 42.0 Å². The molecule has 6 heteroatoms. The zero-order valence-corrected chi connectivity index (χ0v) is 19.9. The molecular weight excluding hydrogens is 424 g/mol. The maximum absolute atomic E-state index is 12.7. The second-order valence-electron chi connectivity index (χ2n) is 9.57. The number of ether oxygens (including phenoxy) is 1. The van der Waals surface area contributed by atoms with Crippen LogP contribution in [0.25, 0.3) is 10.4 Å². The first-order valence-corrected chi connectivity index (χ1v) is 12.6. The lowest BCUT2D eigenvalue weighted by Gasteiger charge is -2.60. The molecule has 4 fully saturated rings. The number of rotatable bonds is 5. The van der Waals surface area contributed by atoms with E-state index in [0.717, 1.165) is 33.2 Å². The number of anilines is 1. The lowest BCUT2D eigenvalue weighted by atomic mass is 9.52. The highest BCUT2D eigenvalue weighted by Crippen LogP contribution is 2.57. The van der Waals surface area contributed by atoms with Crippen LogP contribution >= 0.6 is 23.6 Å². The van der Waals surface area contributed by atoms with Crippen LogP contribution in [-0.4, -0.2) is 35.2 Å². The predicted octanol–water partition coefficient (Wildman–Crippen LogP) is 6.19. The number of thiophene rings is 1. The highest BCUT2D eigenvalue weighted by atomic mass is 32.1. The fraction of sp³-hybridized carbons (Fsp3) is 0.520. The molecule has 0 unspecified atom stereocenters. The Balaban J connectivity index is 1.40. The van der Waals surface area contributed by atoms with Crippen LogP contribution in [-0.2, 0) is 4.74 Å². The molecule has 0 amide bonds. The molecule has 4 aliphatic rings. The lowest BCUT2D eigenvalue weighted by Crippen LogP contribution is -2.60. The van der Waals surface area contributed by atoms with Gasteiger partial charge in [0.15, 0.2) is 5.11 Å². The Labute approximate surface area is 194 Å². The molecule has 1 heterocycles. The van der Waals surface area contributed by atoms with Crippen molar-refractivity contribution in [3.63, 3.8) is 0 Å². The maximum Gasteiger partial charge on any atom is 0.341 e. The van der Waals surface area contributed by atoms with E-state index in [2.05, 4.69) is 29.4 Å². The molecule has 31 heavy (non-hydrogen) atoms. The monoisotopic (exact) mass is 454 g/mol. The molecule has 4 bridgehead atoms. The topological polar surface area (TPSA) is 41.6 Å². The van der Waals surface area contributed by atoms with Crippen LogP contribution in [0, 0.1) is 17.8 Å². The molecule has 1 aromatic carbocycles. The van der Waals surface area contributed by atoms with Gasteiger partial charge in [-0.15, -0.1) is 11.3 Å². The summed E-state index contributed by atoms with van der Waals surface area (Å²) in [5.74, 6) is 2.28. The summed E-state index contributed by atoms with van der Waals surface area (Å²) >= 11 is 7.46. The molecule has 4 saturated carbocycles.